The first kappa shape index (κ1) is 14.4. The highest BCUT2D eigenvalue weighted by atomic mass is 35.5. The average molecular weight is 322 g/mol. The molecular formula is C15H16ClN3OS. The third-order valence-electron chi connectivity index (χ3n) is 3.70. The number of benzene rings is 1. The number of aromatic nitrogens is 1. The maximum absolute atomic E-state index is 12.6. The van der Waals surface area contributed by atoms with Gasteiger partial charge in [-0.15, -0.1) is 11.3 Å². The predicted octanol–water partition coefficient (Wildman–Crippen LogP) is 3.15. The van der Waals surface area contributed by atoms with Crippen molar-refractivity contribution in [2.75, 3.05) is 24.5 Å². The zero-order valence-corrected chi connectivity index (χ0v) is 13.3. The molecule has 1 saturated heterocycles. The summed E-state index contributed by atoms with van der Waals surface area (Å²) in [5.41, 5.74) is 2.49. The van der Waals surface area contributed by atoms with Crippen LogP contribution in [0.5, 0.6) is 0 Å². The minimum atomic E-state index is 0.0444. The van der Waals surface area contributed by atoms with E-state index < -0.39 is 0 Å². The molecule has 0 radical (unpaired) electrons. The number of halogens is 1. The Kier molecular flexibility index (Phi) is 4.12. The summed E-state index contributed by atoms with van der Waals surface area (Å²) in [5.74, 6) is 1.05. The van der Waals surface area contributed by atoms with Crippen LogP contribution in [0.2, 0.25) is 5.02 Å². The number of carbonyl (C=O) groups excluding carboxylic acids is 1. The first-order valence-corrected chi connectivity index (χ1v) is 8.17. The van der Waals surface area contributed by atoms with Crippen LogP contribution in [0.4, 0.5) is 5.82 Å². The Morgan fingerprint density at radius 1 is 1.43 bits per heavy atom. The Morgan fingerprint density at radius 3 is 2.95 bits per heavy atom. The number of carbonyl (C=O) groups is 1. The van der Waals surface area contributed by atoms with Gasteiger partial charge in [-0.2, -0.15) is 0 Å². The van der Waals surface area contributed by atoms with E-state index in [4.69, 9.17) is 11.6 Å². The van der Waals surface area contributed by atoms with Gasteiger partial charge in [0, 0.05) is 41.6 Å². The van der Waals surface area contributed by atoms with E-state index in [2.05, 4.69) is 16.8 Å². The zero-order chi connectivity index (χ0) is 14.8. The molecule has 1 aromatic heterocycles. The Labute approximate surface area is 133 Å². The number of amides is 1. The van der Waals surface area contributed by atoms with Gasteiger partial charge in [0.1, 0.15) is 5.82 Å². The Morgan fingerprint density at radius 2 is 2.29 bits per heavy atom. The van der Waals surface area contributed by atoms with E-state index in [9.17, 15) is 4.79 Å². The standard InChI is InChI=1S/C15H16ClN3OS/c1-11-8-18(14-9-21-10-17-14)5-6-19(11)15(20)12-3-2-4-13(16)7-12/h2-4,7,9-11H,5-6,8H2,1H3/t11-/m1/s1. The van der Waals surface area contributed by atoms with E-state index in [1.807, 2.05) is 27.9 Å². The van der Waals surface area contributed by atoms with E-state index in [1.165, 1.54) is 0 Å². The van der Waals surface area contributed by atoms with Gasteiger partial charge >= 0.3 is 0 Å². The maximum atomic E-state index is 12.6. The molecule has 0 aliphatic carbocycles. The molecule has 0 bridgehead atoms. The zero-order valence-electron chi connectivity index (χ0n) is 11.7. The lowest BCUT2D eigenvalue weighted by molar-refractivity contribution is 0.0674. The van der Waals surface area contributed by atoms with Crippen molar-refractivity contribution in [1.29, 1.82) is 0 Å². The second-order valence-corrected chi connectivity index (χ2v) is 6.31. The van der Waals surface area contributed by atoms with Gasteiger partial charge in [-0.25, -0.2) is 4.98 Å². The van der Waals surface area contributed by atoms with Gasteiger partial charge in [0.2, 0.25) is 0 Å². The van der Waals surface area contributed by atoms with Gasteiger partial charge in [-0.05, 0) is 25.1 Å². The van der Waals surface area contributed by atoms with Gasteiger partial charge in [-0.3, -0.25) is 4.79 Å². The molecule has 1 amide bonds. The number of nitrogens with zero attached hydrogens (tertiary/aromatic N) is 3. The molecule has 0 saturated carbocycles. The van der Waals surface area contributed by atoms with Crippen molar-refractivity contribution in [3.05, 3.63) is 45.7 Å². The lowest BCUT2D eigenvalue weighted by atomic mass is 10.1. The molecule has 3 rings (SSSR count). The van der Waals surface area contributed by atoms with Crippen LogP contribution in [0.1, 0.15) is 17.3 Å². The highest BCUT2D eigenvalue weighted by molar-refractivity contribution is 7.07. The van der Waals surface area contributed by atoms with E-state index in [0.29, 0.717) is 17.1 Å². The molecule has 1 aliphatic heterocycles. The number of anilines is 1. The summed E-state index contributed by atoms with van der Waals surface area (Å²) in [6.07, 6.45) is 0. The van der Waals surface area contributed by atoms with Gasteiger partial charge < -0.3 is 9.80 Å². The summed E-state index contributed by atoms with van der Waals surface area (Å²) in [4.78, 5) is 21.1. The molecule has 0 unspecified atom stereocenters. The SMILES string of the molecule is C[C@@H]1CN(c2cscn2)CCN1C(=O)c1cccc(Cl)c1. The van der Waals surface area contributed by atoms with Crippen molar-refractivity contribution in [2.45, 2.75) is 13.0 Å². The van der Waals surface area contributed by atoms with Crippen LogP contribution in [0.25, 0.3) is 0 Å². The smallest absolute Gasteiger partial charge is 0.254 e. The third kappa shape index (κ3) is 3.04. The molecule has 6 heteroatoms. The molecular weight excluding hydrogens is 306 g/mol. The molecule has 4 nitrogen and oxygen atoms in total. The summed E-state index contributed by atoms with van der Waals surface area (Å²) in [5, 5.41) is 2.64. The van der Waals surface area contributed by atoms with Crippen LogP contribution in [0, 0.1) is 0 Å². The molecule has 110 valence electrons. The van der Waals surface area contributed by atoms with E-state index in [0.717, 1.165) is 18.9 Å². The largest absolute Gasteiger partial charge is 0.352 e. The molecule has 2 aromatic rings. The fourth-order valence-electron chi connectivity index (χ4n) is 2.62. The molecule has 21 heavy (non-hydrogen) atoms. The second kappa shape index (κ2) is 6.03. The third-order valence-corrected chi connectivity index (χ3v) is 4.51. The Balaban J connectivity index is 1.72. The topological polar surface area (TPSA) is 36.4 Å². The minimum absolute atomic E-state index is 0.0444. The summed E-state index contributed by atoms with van der Waals surface area (Å²) in [6, 6.07) is 7.28. The van der Waals surface area contributed by atoms with Gasteiger partial charge in [0.05, 0.1) is 5.51 Å². The molecule has 0 spiro atoms. The summed E-state index contributed by atoms with van der Waals surface area (Å²) in [6.45, 7) is 4.38. The van der Waals surface area contributed by atoms with Gasteiger partial charge in [0.25, 0.3) is 5.91 Å². The fourth-order valence-corrected chi connectivity index (χ4v) is 3.37. The summed E-state index contributed by atoms with van der Waals surface area (Å²) >= 11 is 7.56. The first-order chi connectivity index (χ1) is 10.1. The van der Waals surface area contributed by atoms with Crippen LogP contribution in [-0.4, -0.2) is 41.5 Å². The van der Waals surface area contributed by atoms with Crippen molar-refractivity contribution in [2.24, 2.45) is 0 Å². The normalized spacial score (nSPS) is 18.9. The number of hydrogen-bond donors (Lipinski definition) is 0. The number of thiazole rings is 1. The Hall–Kier alpha value is -1.59. The van der Waals surface area contributed by atoms with E-state index in [1.54, 1.807) is 23.5 Å². The minimum Gasteiger partial charge on any atom is -0.352 e. The van der Waals surface area contributed by atoms with Crippen LogP contribution < -0.4 is 4.90 Å². The molecule has 1 aromatic carbocycles. The van der Waals surface area contributed by atoms with Crippen molar-refractivity contribution >= 4 is 34.7 Å². The van der Waals surface area contributed by atoms with Crippen molar-refractivity contribution in [3.8, 4) is 0 Å². The van der Waals surface area contributed by atoms with E-state index in [-0.39, 0.29) is 11.9 Å². The quantitative estimate of drug-likeness (QED) is 0.852. The average Bonchev–Trinajstić information content (AvgIpc) is 3.00. The van der Waals surface area contributed by atoms with Gasteiger partial charge in [0.15, 0.2) is 0 Å². The van der Waals surface area contributed by atoms with E-state index >= 15 is 0 Å². The Bertz CT molecular complexity index is 632. The summed E-state index contributed by atoms with van der Waals surface area (Å²) in [7, 11) is 0. The molecule has 2 heterocycles. The number of piperazine rings is 1. The van der Waals surface area contributed by atoms with Crippen LogP contribution in [0.3, 0.4) is 0 Å². The second-order valence-electron chi connectivity index (χ2n) is 5.15. The van der Waals surface area contributed by atoms with Crippen molar-refractivity contribution in [1.82, 2.24) is 9.88 Å². The molecule has 1 aliphatic rings. The summed E-state index contributed by atoms with van der Waals surface area (Å²) < 4.78 is 0. The maximum Gasteiger partial charge on any atom is 0.254 e. The first-order valence-electron chi connectivity index (χ1n) is 6.85. The van der Waals surface area contributed by atoms with Crippen molar-refractivity contribution in [3.63, 3.8) is 0 Å². The number of hydrogen-bond acceptors (Lipinski definition) is 4. The lowest BCUT2D eigenvalue weighted by Crippen LogP contribution is -2.54. The lowest BCUT2D eigenvalue weighted by Gasteiger charge is -2.40. The van der Waals surface area contributed by atoms with Crippen LogP contribution in [-0.2, 0) is 0 Å². The number of rotatable bonds is 2. The molecule has 1 atom stereocenters. The monoisotopic (exact) mass is 321 g/mol. The highest BCUT2D eigenvalue weighted by Crippen LogP contribution is 2.21. The van der Waals surface area contributed by atoms with Gasteiger partial charge in [-0.1, -0.05) is 17.7 Å². The van der Waals surface area contributed by atoms with Crippen LogP contribution >= 0.6 is 22.9 Å². The molecule has 0 N–H and O–H groups in total. The highest BCUT2D eigenvalue weighted by Gasteiger charge is 2.28. The molecule has 1 fully saturated rings. The fraction of sp³-hybridized carbons (Fsp3) is 0.333. The predicted molar refractivity (Wildman–Crippen MR) is 86.3 cm³/mol. The van der Waals surface area contributed by atoms with Crippen molar-refractivity contribution < 1.29 is 4.79 Å². The van der Waals surface area contributed by atoms with Crippen LogP contribution in [0.15, 0.2) is 35.2 Å².